The van der Waals surface area contributed by atoms with E-state index in [-0.39, 0.29) is 37.2 Å². The maximum Gasteiger partial charge on any atom is 0.0110 e. The first-order valence-corrected chi connectivity index (χ1v) is 5.10. The molecule has 0 aromatic heterocycles. The van der Waals surface area contributed by atoms with Crippen molar-refractivity contribution in [2.75, 3.05) is 52.4 Å². The van der Waals surface area contributed by atoms with Crippen LogP contribution in [0, 0.1) is 0 Å². The van der Waals surface area contributed by atoms with E-state index in [9.17, 15) is 0 Å². The maximum absolute atomic E-state index is 3.38. The van der Waals surface area contributed by atoms with Gasteiger partial charge < -0.3 is 10.2 Å². The van der Waals surface area contributed by atoms with Gasteiger partial charge in [-0.2, -0.15) is 0 Å². The van der Waals surface area contributed by atoms with Crippen LogP contribution in [0.1, 0.15) is 6.42 Å². The summed E-state index contributed by atoms with van der Waals surface area (Å²) in [4.78, 5) is 5.11. The van der Waals surface area contributed by atoms with E-state index in [0.29, 0.717) is 0 Å². The standard InChI is InChI=1S/C9H19N3.3ClH/c1-4-11(5-1)8-9-12-6-2-10-3-7-12;;;/h10H,1-9H2;3*1H. The molecule has 3 nitrogen and oxygen atoms in total. The molecule has 2 rings (SSSR count). The molecule has 0 aliphatic carbocycles. The minimum absolute atomic E-state index is 0. The van der Waals surface area contributed by atoms with Crippen molar-refractivity contribution in [3.05, 3.63) is 0 Å². The number of piperazine rings is 1. The number of halogens is 3. The third-order valence-electron chi connectivity index (χ3n) is 2.89. The molecule has 2 fully saturated rings. The Hall–Kier alpha value is 0.750. The highest BCUT2D eigenvalue weighted by Crippen LogP contribution is 2.04. The quantitative estimate of drug-likeness (QED) is 0.826. The number of hydrogen-bond donors (Lipinski definition) is 1. The molecule has 0 atom stereocenters. The second-order valence-corrected chi connectivity index (χ2v) is 3.79. The van der Waals surface area contributed by atoms with Crippen molar-refractivity contribution < 1.29 is 0 Å². The van der Waals surface area contributed by atoms with Crippen molar-refractivity contribution >= 4 is 37.2 Å². The van der Waals surface area contributed by atoms with Gasteiger partial charge in [-0.1, -0.05) is 0 Å². The number of rotatable bonds is 3. The Balaban J connectivity index is 0. The van der Waals surface area contributed by atoms with E-state index < -0.39 is 0 Å². The molecule has 0 bridgehead atoms. The smallest absolute Gasteiger partial charge is 0.0110 e. The maximum atomic E-state index is 3.38. The van der Waals surface area contributed by atoms with Crippen molar-refractivity contribution in [3.63, 3.8) is 0 Å². The Morgan fingerprint density at radius 1 is 0.733 bits per heavy atom. The lowest BCUT2D eigenvalue weighted by atomic mass is 10.2. The van der Waals surface area contributed by atoms with Gasteiger partial charge in [0.05, 0.1) is 0 Å². The fraction of sp³-hybridized carbons (Fsp3) is 1.00. The Labute approximate surface area is 111 Å². The average molecular weight is 279 g/mol. The first kappa shape index (κ1) is 18.1. The molecular weight excluding hydrogens is 256 g/mol. The van der Waals surface area contributed by atoms with Crippen molar-refractivity contribution in [1.29, 1.82) is 0 Å². The summed E-state index contributed by atoms with van der Waals surface area (Å²) in [6.07, 6.45) is 1.42. The van der Waals surface area contributed by atoms with E-state index in [1.807, 2.05) is 0 Å². The summed E-state index contributed by atoms with van der Waals surface area (Å²) in [5, 5.41) is 3.38. The van der Waals surface area contributed by atoms with Gasteiger partial charge in [-0.15, -0.1) is 37.2 Å². The van der Waals surface area contributed by atoms with E-state index in [1.165, 1.54) is 58.8 Å². The lowest BCUT2D eigenvalue weighted by molar-refractivity contribution is 0.141. The van der Waals surface area contributed by atoms with Gasteiger partial charge in [0, 0.05) is 39.3 Å². The zero-order valence-electron chi connectivity index (χ0n) is 8.98. The van der Waals surface area contributed by atoms with Crippen LogP contribution in [0.2, 0.25) is 0 Å². The van der Waals surface area contributed by atoms with Crippen molar-refractivity contribution in [1.82, 2.24) is 15.1 Å². The zero-order valence-corrected chi connectivity index (χ0v) is 11.4. The zero-order chi connectivity index (χ0) is 8.23. The van der Waals surface area contributed by atoms with E-state index in [0.717, 1.165) is 0 Å². The van der Waals surface area contributed by atoms with Crippen LogP contribution in [0.4, 0.5) is 0 Å². The highest BCUT2D eigenvalue weighted by atomic mass is 35.5. The van der Waals surface area contributed by atoms with Crippen LogP contribution in [0.15, 0.2) is 0 Å². The summed E-state index contributed by atoms with van der Waals surface area (Å²) in [6.45, 7) is 10.1. The van der Waals surface area contributed by atoms with Crippen molar-refractivity contribution in [3.8, 4) is 0 Å². The van der Waals surface area contributed by atoms with Gasteiger partial charge in [0.25, 0.3) is 0 Å². The number of nitrogens with zero attached hydrogens (tertiary/aromatic N) is 2. The number of hydrogen-bond acceptors (Lipinski definition) is 3. The van der Waals surface area contributed by atoms with E-state index in [2.05, 4.69) is 15.1 Å². The Morgan fingerprint density at radius 3 is 1.60 bits per heavy atom. The fourth-order valence-corrected chi connectivity index (χ4v) is 1.82. The highest BCUT2D eigenvalue weighted by Gasteiger charge is 2.15. The van der Waals surface area contributed by atoms with Gasteiger partial charge in [-0.25, -0.2) is 0 Å². The normalized spacial score (nSPS) is 21.6. The van der Waals surface area contributed by atoms with Gasteiger partial charge >= 0.3 is 0 Å². The second-order valence-electron chi connectivity index (χ2n) is 3.79. The van der Waals surface area contributed by atoms with Gasteiger partial charge in [0.1, 0.15) is 0 Å². The first-order valence-electron chi connectivity index (χ1n) is 5.10. The summed E-state index contributed by atoms with van der Waals surface area (Å²) in [5.74, 6) is 0. The van der Waals surface area contributed by atoms with Crippen LogP contribution < -0.4 is 5.32 Å². The lowest BCUT2D eigenvalue weighted by Crippen LogP contribution is -2.48. The van der Waals surface area contributed by atoms with Gasteiger partial charge in [-0.05, 0) is 19.5 Å². The summed E-state index contributed by atoms with van der Waals surface area (Å²) in [6, 6.07) is 0. The molecule has 15 heavy (non-hydrogen) atoms. The second kappa shape index (κ2) is 9.94. The molecule has 0 spiro atoms. The summed E-state index contributed by atoms with van der Waals surface area (Å²) < 4.78 is 0. The highest BCUT2D eigenvalue weighted by molar-refractivity contribution is 5.86. The van der Waals surface area contributed by atoms with Crippen molar-refractivity contribution in [2.45, 2.75) is 6.42 Å². The molecule has 0 aromatic carbocycles. The minimum atomic E-state index is 0. The summed E-state index contributed by atoms with van der Waals surface area (Å²) in [7, 11) is 0. The van der Waals surface area contributed by atoms with Crippen LogP contribution in [-0.4, -0.2) is 62.2 Å². The molecular formula is C9H22Cl3N3. The summed E-state index contributed by atoms with van der Waals surface area (Å²) in [5.41, 5.74) is 0. The fourth-order valence-electron chi connectivity index (χ4n) is 1.82. The molecule has 2 aliphatic rings. The third kappa shape index (κ3) is 6.15. The molecule has 94 valence electrons. The van der Waals surface area contributed by atoms with E-state index >= 15 is 0 Å². The summed E-state index contributed by atoms with van der Waals surface area (Å²) >= 11 is 0. The molecule has 0 saturated carbocycles. The predicted molar refractivity (Wildman–Crippen MR) is 72.1 cm³/mol. The van der Waals surface area contributed by atoms with Gasteiger partial charge in [0.15, 0.2) is 0 Å². The van der Waals surface area contributed by atoms with Crippen LogP contribution in [0.5, 0.6) is 0 Å². The lowest BCUT2D eigenvalue weighted by Gasteiger charge is -2.34. The van der Waals surface area contributed by atoms with E-state index in [4.69, 9.17) is 0 Å². The van der Waals surface area contributed by atoms with Crippen LogP contribution in [0.3, 0.4) is 0 Å². The minimum Gasteiger partial charge on any atom is -0.314 e. The molecule has 0 unspecified atom stereocenters. The van der Waals surface area contributed by atoms with Crippen LogP contribution in [0.25, 0.3) is 0 Å². The largest absolute Gasteiger partial charge is 0.314 e. The monoisotopic (exact) mass is 277 g/mol. The van der Waals surface area contributed by atoms with E-state index in [1.54, 1.807) is 0 Å². The molecule has 6 heteroatoms. The number of likely N-dealkylation sites (tertiary alicyclic amines) is 1. The van der Waals surface area contributed by atoms with Crippen LogP contribution >= 0.6 is 37.2 Å². The van der Waals surface area contributed by atoms with Crippen LogP contribution in [-0.2, 0) is 0 Å². The molecule has 1 N–H and O–H groups in total. The molecule has 0 amide bonds. The average Bonchev–Trinajstić information content (AvgIpc) is 2.04. The number of nitrogens with one attached hydrogen (secondary N) is 1. The topological polar surface area (TPSA) is 18.5 Å². The third-order valence-corrected chi connectivity index (χ3v) is 2.89. The predicted octanol–water partition coefficient (Wildman–Crippen LogP) is 0.863. The Bertz CT molecular complexity index is 139. The molecule has 0 radical (unpaired) electrons. The molecule has 0 aromatic rings. The Morgan fingerprint density at radius 2 is 1.20 bits per heavy atom. The molecule has 2 saturated heterocycles. The van der Waals surface area contributed by atoms with Gasteiger partial charge in [-0.3, -0.25) is 4.90 Å². The Kier molecular flexibility index (Phi) is 12.0. The van der Waals surface area contributed by atoms with Gasteiger partial charge in [0.2, 0.25) is 0 Å². The molecule has 2 aliphatic heterocycles. The SMILES string of the molecule is C1CN(CCN2CCNCC2)C1.Cl.Cl.Cl. The molecule has 2 heterocycles. The van der Waals surface area contributed by atoms with Crippen molar-refractivity contribution in [2.24, 2.45) is 0 Å². The first-order chi connectivity index (χ1) is 5.95.